The summed E-state index contributed by atoms with van der Waals surface area (Å²) in [5, 5.41) is 0. The predicted octanol–water partition coefficient (Wildman–Crippen LogP) is 6.32. The van der Waals surface area contributed by atoms with E-state index in [4.69, 9.17) is 14.2 Å². The van der Waals surface area contributed by atoms with Crippen LogP contribution in [0.2, 0.25) is 0 Å². The fourth-order valence-electron chi connectivity index (χ4n) is 6.52. The molecule has 7 nitrogen and oxygen atoms in total. The Kier molecular flexibility index (Phi) is 15.7. The van der Waals surface area contributed by atoms with Crippen molar-refractivity contribution >= 4 is 30.7 Å². The number of piperidine rings is 1. The summed E-state index contributed by atoms with van der Waals surface area (Å²) in [7, 11) is 4.65. The molecule has 2 aliphatic heterocycles. The zero-order valence-corrected chi connectivity index (χ0v) is 28.5. The molecule has 3 atom stereocenters. The summed E-state index contributed by atoms with van der Waals surface area (Å²) in [5.74, 6) is -0.839. The highest BCUT2D eigenvalue weighted by molar-refractivity contribution is 5.95. The molecule has 16 heteroatoms. The highest BCUT2D eigenvalue weighted by Gasteiger charge is 2.39. The van der Waals surface area contributed by atoms with Crippen molar-refractivity contribution in [2.45, 2.75) is 31.2 Å². The minimum Gasteiger partial charge on any atom is -0.494 e. The van der Waals surface area contributed by atoms with Crippen molar-refractivity contribution in [1.82, 2.24) is 14.7 Å². The number of nitrogens with zero attached hydrogens (tertiary/aromatic N) is 3. The average molecular weight is 737 g/mol. The number of halogens is 9. The Morgan fingerprint density at radius 3 is 1.88 bits per heavy atom. The SMILES string of the molecule is COC[C@@H]1C[C@H](COC)CN(CCN2CCN(C(=O)c3cc(C(F)(F)F)cc(C(F)(F)F)c3)[C@H](Cc3ccc(F)c(OC)c3)C2)C1.Cl.Cl. The first-order valence-corrected chi connectivity index (χ1v) is 15.1. The van der Waals surface area contributed by atoms with Crippen molar-refractivity contribution in [3.8, 4) is 5.75 Å². The molecule has 2 saturated heterocycles. The molecule has 0 unspecified atom stereocenters. The first-order valence-electron chi connectivity index (χ1n) is 15.1. The zero-order chi connectivity index (χ0) is 33.6. The molecule has 2 heterocycles. The molecule has 0 aromatic heterocycles. The standard InChI is InChI=1S/C32H40F7N3O4.2ClH/c1-44-19-22-10-23(20-45-2)17-41(16-22)7-6-40-8-9-42(27(18-40)11-21-4-5-28(33)29(12-21)46-3)30(43)24-13-25(31(34,35)36)15-26(14-24)32(37,38)39;;/h4-5,12-15,22-23,27H,6-11,16-20H2,1-3H3;2*1H/t22-,23+,27-;;/m1../s1. The highest BCUT2D eigenvalue weighted by atomic mass is 35.5. The smallest absolute Gasteiger partial charge is 0.416 e. The van der Waals surface area contributed by atoms with Gasteiger partial charge >= 0.3 is 12.4 Å². The number of carbonyl (C=O) groups excluding carboxylic acids is 1. The Labute approximate surface area is 288 Å². The van der Waals surface area contributed by atoms with Crippen molar-refractivity contribution in [2.75, 3.05) is 80.4 Å². The van der Waals surface area contributed by atoms with E-state index in [2.05, 4.69) is 9.80 Å². The van der Waals surface area contributed by atoms with Gasteiger partial charge in [0.05, 0.1) is 31.5 Å². The van der Waals surface area contributed by atoms with Crippen molar-refractivity contribution < 1.29 is 49.7 Å². The number of benzene rings is 2. The van der Waals surface area contributed by atoms with E-state index in [1.54, 1.807) is 14.2 Å². The number of methoxy groups -OCH3 is 3. The first-order chi connectivity index (χ1) is 21.7. The minimum absolute atomic E-state index is 0. The van der Waals surface area contributed by atoms with E-state index in [1.165, 1.54) is 30.2 Å². The lowest BCUT2D eigenvalue weighted by atomic mass is 9.90. The van der Waals surface area contributed by atoms with Gasteiger partial charge in [-0.25, -0.2) is 4.39 Å². The van der Waals surface area contributed by atoms with Gasteiger partial charge in [-0.05, 0) is 60.6 Å². The zero-order valence-electron chi connectivity index (χ0n) is 26.9. The van der Waals surface area contributed by atoms with Crippen LogP contribution in [0.5, 0.6) is 5.75 Å². The van der Waals surface area contributed by atoms with Gasteiger partial charge in [-0.2, -0.15) is 26.3 Å². The van der Waals surface area contributed by atoms with Gasteiger partial charge in [0.2, 0.25) is 0 Å². The summed E-state index contributed by atoms with van der Waals surface area (Å²) in [5.41, 5.74) is -3.20. The van der Waals surface area contributed by atoms with Crippen molar-refractivity contribution in [1.29, 1.82) is 0 Å². The monoisotopic (exact) mass is 735 g/mol. The minimum atomic E-state index is -5.09. The molecule has 2 fully saturated rings. The molecule has 48 heavy (non-hydrogen) atoms. The van der Waals surface area contributed by atoms with E-state index < -0.39 is 46.8 Å². The van der Waals surface area contributed by atoms with Gasteiger partial charge in [-0.15, -0.1) is 24.8 Å². The highest BCUT2D eigenvalue weighted by Crippen LogP contribution is 2.37. The Morgan fingerprint density at radius 2 is 1.35 bits per heavy atom. The topological polar surface area (TPSA) is 54.5 Å². The van der Waals surface area contributed by atoms with Crippen LogP contribution in [0.15, 0.2) is 36.4 Å². The van der Waals surface area contributed by atoms with Crippen LogP contribution in [0.25, 0.3) is 0 Å². The van der Waals surface area contributed by atoms with Crippen molar-refractivity contribution in [3.05, 3.63) is 64.5 Å². The summed E-state index contributed by atoms with van der Waals surface area (Å²) >= 11 is 0. The van der Waals surface area contributed by atoms with Gasteiger partial charge in [-0.3, -0.25) is 9.69 Å². The molecule has 4 rings (SSSR count). The number of piperazine rings is 1. The van der Waals surface area contributed by atoms with E-state index in [-0.39, 0.29) is 49.6 Å². The van der Waals surface area contributed by atoms with E-state index >= 15 is 0 Å². The molecule has 0 N–H and O–H groups in total. The quantitative estimate of drug-likeness (QED) is 0.252. The Balaban J connectivity index is 0.00000400. The second-order valence-electron chi connectivity index (χ2n) is 12.1. The Bertz CT molecular complexity index is 1290. The van der Waals surface area contributed by atoms with Crippen LogP contribution in [-0.2, 0) is 28.2 Å². The second kappa shape index (κ2) is 18.0. The van der Waals surface area contributed by atoms with E-state index in [0.717, 1.165) is 19.5 Å². The van der Waals surface area contributed by atoms with Gasteiger partial charge in [0.15, 0.2) is 11.6 Å². The Morgan fingerprint density at radius 1 is 0.792 bits per heavy atom. The summed E-state index contributed by atoms with van der Waals surface area (Å²) in [6.45, 7) is 5.08. The first kappa shape index (κ1) is 41.8. The van der Waals surface area contributed by atoms with E-state index in [1.807, 2.05) is 0 Å². The van der Waals surface area contributed by atoms with E-state index in [9.17, 15) is 35.5 Å². The van der Waals surface area contributed by atoms with Crippen molar-refractivity contribution in [2.24, 2.45) is 11.8 Å². The van der Waals surface area contributed by atoms with Crippen LogP contribution in [0.4, 0.5) is 30.7 Å². The summed E-state index contributed by atoms with van der Waals surface area (Å²) < 4.78 is 111. The molecule has 2 aliphatic rings. The van der Waals surface area contributed by atoms with Crippen LogP contribution < -0.4 is 4.74 Å². The molecule has 0 radical (unpaired) electrons. The fourth-order valence-corrected chi connectivity index (χ4v) is 6.52. The van der Waals surface area contributed by atoms with Gasteiger partial charge in [0.1, 0.15) is 0 Å². The molecule has 0 bridgehead atoms. The molecular weight excluding hydrogens is 694 g/mol. The lowest BCUT2D eigenvalue weighted by Gasteiger charge is -2.43. The number of rotatable bonds is 11. The Hall–Kier alpha value is -2.36. The molecule has 0 aliphatic carbocycles. The maximum atomic E-state index is 14.1. The molecule has 2 aromatic carbocycles. The van der Waals surface area contributed by atoms with Crippen molar-refractivity contribution in [3.63, 3.8) is 0 Å². The molecule has 0 spiro atoms. The maximum Gasteiger partial charge on any atom is 0.416 e. The largest absolute Gasteiger partial charge is 0.494 e. The number of hydrogen-bond acceptors (Lipinski definition) is 6. The fraction of sp³-hybridized carbons (Fsp3) is 0.594. The van der Waals surface area contributed by atoms with Crippen LogP contribution in [0.1, 0.15) is 33.5 Å². The lowest BCUT2D eigenvalue weighted by Crippen LogP contribution is -2.57. The average Bonchev–Trinajstić information content (AvgIpc) is 3.00. The summed E-state index contributed by atoms with van der Waals surface area (Å²) in [4.78, 5) is 19.5. The van der Waals surface area contributed by atoms with E-state index in [0.29, 0.717) is 68.9 Å². The summed E-state index contributed by atoms with van der Waals surface area (Å²) in [6, 6.07) is 4.52. The van der Waals surface area contributed by atoms with Gasteiger partial charge in [0.25, 0.3) is 5.91 Å². The van der Waals surface area contributed by atoms with Gasteiger partial charge in [0, 0.05) is 71.6 Å². The normalized spacial score (nSPS) is 21.0. The van der Waals surface area contributed by atoms with Crippen LogP contribution >= 0.6 is 24.8 Å². The number of hydrogen-bond donors (Lipinski definition) is 0. The lowest BCUT2D eigenvalue weighted by molar-refractivity contribution is -0.143. The van der Waals surface area contributed by atoms with Gasteiger partial charge < -0.3 is 24.0 Å². The van der Waals surface area contributed by atoms with Crippen LogP contribution in [-0.4, -0.2) is 107 Å². The second-order valence-corrected chi connectivity index (χ2v) is 12.1. The maximum absolute atomic E-state index is 14.1. The molecular formula is C32H42Cl2F7N3O4. The number of likely N-dealkylation sites (tertiary alicyclic amines) is 1. The van der Waals surface area contributed by atoms with Crippen LogP contribution in [0.3, 0.4) is 0 Å². The molecule has 2 aromatic rings. The summed E-state index contributed by atoms with van der Waals surface area (Å²) in [6.07, 6.45) is -9.00. The number of carbonyl (C=O) groups is 1. The number of ether oxygens (including phenoxy) is 3. The third-order valence-electron chi connectivity index (χ3n) is 8.59. The number of amides is 1. The van der Waals surface area contributed by atoms with Crippen LogP contribution in [0, 0.1) is 17.7 Å². The third-order valence-corrected chi connectivity index (χ3v) is 8.59. The molecule has 0 saturated carbocycles. The predicted molar refractivity (Wildman–Crippen MR) is 171 cm³/mol. The number of alkyl halides is 6. The molecule has 272 valence electrons. The molecule has 1 amide bonds. The third kappa shape index (κ3) is 11.1. The van der Waals surface area contributed by atoms with Gasteiger partial charge in [-0.1, -0.05) is 6.07 Å².